The number of ether oxygens (including phenoxy) is 1. The lowest BCUT2D eigenvalue weighted by molar-refractivity contribution is -0.152. The van der Waals surface area contributed by atoms with Crippen LogP contribution in [0.1, 0.15) is 39.3 Å². The molecule has 1 N–H and O–H groups in total. The van der Waals surface area contributed by atoms with Crippen LogP contribution in [-0.2, 0) is 16.0 Å². The van der Waals surface area contributed by atoms with Crippen LogP contribution in [0.25, 0.3) is 0 Å². The number of carboxylic acids is 1. The van der Waals surface area contributed by atoms with E-state index in [9.17, 15) is 14.7 Å². The molecule has 0 bridgehead atoms. The lowest BCUT2D eigenvalue weighted by Crippen LogP contribution is -2.48. The van der Waals surface area contributed by atoms with Gasteiger partial charge in [-0.15, -0.1) is 0 Å². The smallest absolute Gasteiger partial charge is 0.410 e. The fourth-order valence-corrected chi connectivity index (χ4v) is 3.34. The van der Waals surface area contributed by atoms with Crippen molar-refractivity contribution >= 4 is 39.6 Å². The quantitative estimate of drug-likeness (QED) is 0.725. The first-order valence-electron chi connectivity index (χ1n) is 8.05. The molecule has 2 heterocycles. The summed E-state index contributed by atoms with van der Waals surface area (Å²) >= 11 is 9.34. The number of nitrogens with zero attached hydrogens (tertiary/aromatic N) is 2. The molecule has 2 rings (SSSR count). The molecule has 1 fully saturated rings. The third-order valence-corrected chi connectivity index (χ3v) is 5.15. The Balaban J connectivity index is 2.12. The van der Waals surface area contributed by atoms with Gasteiger partial charge in [-0.2, -0.15) is 0 Å². The Morgan fingerprint density at radius 3 is 2.48 bits per heavy atom. The molecule has 1 aliphatic heterocycles. The molecule has 1 aromatic heterocycles. The highest BCUT2D eigenvalue weighted by Crippen LogP contribution is 2.37. The molecule has 1 aromatic rings. The number of carbonyl (C=O) groups is 2. The van der Waals surface area contributed by atoms with Crippen LogP contribution < -0.4 is 0 Å². The average molecular weight is 434 g/mol. The molecule has 1 amide bonds. The zero-order valence-corrected chi connectivity index (χ0v) is 16.9. The second-order valence-corrected chi connectivity index (χ2v) is 8.53. The number of aromatic nitrogens is 1. The van der Waals surface area contributed by atoms with Crippen LogP contribution in [0.4, 0.5) is 4.79 Å². The van der Waals surface area contributed by atoms with E-state index < -0.39 is 23.1 Å². The molecule has 0 atom stereocenters. The van der Waals surface area contributed by atoms with Gasteiger partial charge >= 0.3 is 12.1 Å². The fraction of sp³-hybridized carbons (Fsp3) is 0.588. The summed E-state index contributed by atoms with van der Waals surface area (Å²) in [5, 5.41) is 10.1. The normalized spacial score (nSPS) is 17.2. The number of carbonyl (C=O) groups excluding carboxylic acids is 1. The van der Waals surface area contributed by atoms with Crippen molar-refractivity contribution in [3.8, 4) is 0 Å². The van der Waals surface area contributed by atoms with Crippen LogP contribution in [0.5, 0.6) is 0 Å². The van der Waals surface area contributed by atoms with Crippen molar-refractivity contribution < 1.29 is 19.4 Å². The third kappa shape index (κ3) is 5.07. The summed E-state index contributed by atoms with van der Waals surface area (Å²) in [6.07, 6.45) is 0.518. The number of carboxylic acid groups (broad SMARTS) is 1. The standard InChI is InChI=1S/C17H22BrClN2O4/c1-16(2,3)25-15(24)21-8-6-17(7-9-21,14(22)23)10-12-11(18)4-5-13(19)20-12/h4-5H,6-10H2,1-3H3,(H,22,23). The zero-order chi connectivity index (χ0) is 18.8. The molecule has 0 aliphatic carbocycles. The summed E-state index contributed by atoms with van der Waals surface area (Å²) in [4.78, 5) is 30.0. The predicted octanol–water partition coefficient (Wildman–Crippen LogP) is 4.14. The van der Waals surface area contributed by atoms with Crippen LogP contribution in [0.15, 0.2) is 16.6 Å². The minimum atomic E-state index is -0.973. The summed E-state index contributed by atoms with van der Waals surface area (Å²) in [5.41, 5.74) is -0.937. The minimum Gasteiger partial charge on any atom is -0.481 e. The number of pyridine rings is 1. The molecule has 1 aliphatic rings. The van der Waals surface area contributed by atoms with E-state index in [0.29, 0.717) is 36.8 Å². The largest absolute Gasteiger partial charge is 0.481 e. The lowest BCUT2D eigenvalue weighted by Gasteiger charge is -2.39. The molecule has 0 radical (unpaired) electrons. The Bertz CT molecular complexity index is 667. The fourth-order valence-electron chi connectivity index (χ4n) is 2.81. The van der Waals surface area contributed by atoms with Gasteiger partial charge in [0.25, 0.3) is 0 Å². The summed E-state index contributed by atoms with van der Waals surface area (Å²) in [7, 11) is 0. The molecule has 138 valence electrons. The Kier molecular flexibility index (Phi) is 5.99. The van der Waals surface area contributed by atoms with Crippen LogP contribution in [-0.4, -0.2) is 45.7 Å². The molecule has 0 spiro atoms. The van der Waals surface area contributed by atoms with Crippen molar-refractivity contribution in [3.63, 3.8) is 0 Å². The first-order chi connectivity index (χ1) is 11.5. The monoisotopic (exact) mass is 432 g/mol. The maximum absolute atomic E-state index is 12.2. The van der Waals surface area contributed by atoms with E-state index in [2.05, 4.69) is 20.9 Å². The van der Waals surface area contributed by atoms with Crippen molar-refractivity contribution in [2.45, 2.75) is 45.6 Å². The summed E-state index contributed by atoms with van der Waals surface area (Å²) in [5.74, 6) is -0.884. The van der Waals surface area contributed by atoms with Crippen LogP contribution in [0, 0.1) is 5.41 Å². The van der Waals surface area contributed by atoms with Gasteiger partial charge in [0.05, 0.1) is 11.1 Å². The minimum absolute atomic E-state index is 0.256. The first kappa shape index (κ1) is 20.0. The van der Waals surface area contributed by atoms with Crippen molar-refractivity contribution in [1.29, 1.82) is 0 Å². The molecule has 0 aromatic carbocycles. The molecule has 0 unspecified atom stereocenters. The Morgan fingerprint density at radius 1 is 1.36 bits per heavy atom. The average Bonchev–Trinajstić information content (AvgIpc) is 2.49. The summed E-state index contributed by atoms with van der Waals surface area (Å²) in [6, 6.07) is 3.41. The second kappa shape index (κ2) is 7.50. The Morgan fingerprint density at radius 2 is 1.96 bits per heavy atom. The van der Waals surface area contributed by atoms with Gasteiger partial charge in [0.15, 0.2) is 0 Å². The van der Waals surface area contributed by atoms with E-state index in [4.69, 9.17) is 16.3 Å². The predicted molar refractivity (Wildman–Crippen MR) is 97.8 cm³/mol. The molecule has 6 nitrogen and oxygen atoms in total. The summed E-state index contributed by atoms with van der Waals surface area (Å²) < 4.78 is 6.09. The van der Waals surface area contributed by atoms with E-state index in [1.165, 1.54) is 0 Å². The molecule has 25 heavy (non-hydrogen) atoms. The maximum atomic E-state index is 12.2. The SMILES string of the molecule is CC(C)(C)OC(=O)N1CCC(Cc2nc(Cl)ccc2Br)(C(=O)O)CC1. The number of hydrogen-bond donors (Lipinski definition) is 1. The number of hydrogen-bond acceptors (Lipinski definition) is 4. The molecule has 0 saturated carbocycles. The highest BCUT2D eigenvalue weighted by atomic mass is 79.9. The van der Waals surface area contributed by atoms with E-state index >= 15 is 0 Å². The molecule has 8 heteroatoms. The van der Waals surface area contributed by atoms with Gasteiger partial charge in [-0.1, -0.05) is 11.6 Å². The van der Waals surface area contributed by atoms with Crippen LogP contribution in [0.3, 0.4) is 0 Å². The number of piperidine rings is 1. The topological polar surface area (TPSA) is 79.7 Å². The van der Waals surface area contributed by atoms with Crippen molar-refractivity contribution in [3.05, 3.63) is 27.5 Å². The van der Waals surface area contributed by atoms with Gasteiger partial charge < -0.3 is 14.7 Å². The second-order valence-electron chi connectivity index (χ2n) is 7.29. The van der Waals surface area contributed by atoms with Gasteiger partial charge in [-0.3, -0.25) is 4.79 Å². The molecular weight excluding hydrogens is 412 g/mol. The van der Waals surface area contributed by atoms with Crippen LogP contribution in [0.2, 0.25) is 5.15 Å². The first-order valence-corrected chi connectivity index (χ1v) is 9.22. The molecule has 1 saturated heterocycles. The number of likely N-dealkylation sites (tertiary alicyclic amines) is 1. The molecular formula is C17H22BrClN2O4. The summed E-state index contributed by atoms with van der Waals surface area (Å²) in [6.45, 7) is 6.08. The van der Waals surface area contributed by atoms with Crippen LogP contribution >= 0.6 is 27.5 Å². The van der Waals surface area contributed by atoms with E-state index in [1.807, 2.05) is 0 Å². The van der Waals surface area contributed by atoms with Crippen molar-refractivity contribution in [2.75, 3.05) is 13.1 Å². The maximum Gasteiger partial charge on any atom is 0.410 e. The van der Waals surface area contributed by atoms with Gasteiger partial charge in [0, 0.05) is 24.0 Å². The van der Waals surface area contributed by atoms with Crippen molar-refractivity contribution in [2.24, 2.45) is 5.41 Å². The highest BCUT2D eigenvalue weighted by molar-refractivity contribution is 9.10. The number of amides is 1. The Hall–Kier alpha value is -1.34. The van der Waals surface area contributed by atoms with E-state index in [-0.39, 0.29) is 6.42 Å². The Labute approximate surface area is 160 Å². The van der Waals surface area contributed by atoms with Gasteiger partial charge in [0.1, 0.15) is 10.8 Å². The van der Waals surface area contributed by atoms with E-state index in [1.54, 1.807) is 37.8 Å². The number of aliphatic carboxylic acids is 1. The van der Waals surface area contributed by atoms with Gasteiger partial charge in [0.2, 0.25) is 0 Å². The third-order valence-electron chi connectivity index (χ3n) is 4.22. The van der Waals surface area contributed by atoms with Gasteiger partial charge in [-0.05, 0) is 61.7 Å². The number of rotatable bonds is 3. The zero-order valence-electron chi connectivity index (χ0n) is 14.5. The lowest BCUT2D eigenvalue weighted by atomic mass is 9.75. The highest BCUT2D eigenvalue weighted by Gasteiger charge is 2.43. The van der Waals surface area contributed by atoms with Gasteiger partial charge in [-0.25, -0.2) is 9.78 Å². The number of halogens is 2. The van der Waals surface area contributed by atoms with Crippen molar-refractivity contribution in [1.82, 2.24) is 9.88 Å². The van der Waals surface area contributed by atoms with E-state index in [0.717, 1.165) is 4.47 Å².